The Morgan fingerprint density at radius 3 is 2.38 bits per heavy atom. The molecule has 0 amide bonds. The zero-order valence-electron chi connectivity index (χ0n) is 14.7. The molecule has 128 valence electrons. The largest absolute Gasteiger partial charge is 0.490 e. The predicted octanol–water partition coefficient (Wildman–Crippen LogP) is 4.50. The van der Waals surface area contributed by atoms with Crippen molar-refractivity contribution in [3.63, 3.8) is 0 Å². The van der Waals surface area contributed by atoms with E-state index >= 15 is 0 Å². The highest BCUT2D eigenvalue weighted by Gasteiger charge is 2.11. The molecule has 2 aromatic rings. The summed E-state index contributed by atoms with van der Waals surface area (Å²) in [5.74, 6) is 1.60. The average molecular weight is 328 g/mol. The van der Waals surface area contributed by atoms with Gasteiger partial charge >= 0.3 is 5.97 Å². The van der Waals surface area contributed by atoms with Gasteiger partial charge in [0, 0.05) is 0 Å². The molecular weight excluding hydrogens is 304 g/mol. The normalized spacial score (nSPS) is 10.5. The molecule has 2 aromatic carbocycles. The maximum atomic E-state index is 12.0. The summed E-state index contributed by atoms with van der Waals surface area (Å²) in [5, 5.41) is 0. The van der Waals surface area contributed by atoms with E-state index in [1.807, 2.05) is 38.1 Å². The summed E-state index contributed by atoms with van der Waals surface area (Å²) in [6.07, 6.45) is 0. The molecule has 0 saturated heterocycles. The fourth-order valence-electron chi connectivity index (χ4n) is 2.49. The van der Waals surface area contributed by atoms with Crippen molar-refractivity contribution in [2.24, 2.45) is 0 Å². The second-order valence-electron chi connectivity index (χ2n) is 5.82. The first-order chi connectivity index (χ1) is 11.5. The number of hydrogen-bond donors (Lipinski definition) is 0. The molecule has 0 aliphatic rings. The lowest BCUT2D eigenvalue weighted by molar-refractivity contribution is -0.136. The van der Waals surface area contributed by atoms with E-state index in [2.05, 4.69) is 13.8 Å². The van der Waals surface area contributed by atoms with Crippen LogP contribution in [0.2, 0.25) is 0 Å². The van der Waals surface area contributed by atoms with Crippen molar-refractivity contribution in [2.45, 2.75) is 33.6 Å². The maximum absolute atomic E-state index is 12.0. The van der Waals surface area contributed by atoms with Gasteiger partial charge in [-0.25, -0.2) is 4.79 Å². The van der Waals surface area contributed by atoms with Crippen LogP contribution in [0, 0.1) is 6.92 Å². The van der Waals surface area contributed by atoms with E-state index in [0.29, 0.717) is 29.8 Å². The van der Waals surface area contributed by atoms with Gasteiger partial charge in [-0.05, 0) is 55.2 Å². The highest BCUT2D eigenvalue weighted by molar-refractivity contribution is 5.74. The van der Waals surface area contributed by atoms with Gasteiger partial charge in [0.15, 0.2) is 18.1 Å². The Kier molecular flexibility index (Phi) is 6.24. The Hall–Kier alpha value is -2.49. The zero-order valence-corrected chi connectivity index (χ0v) is 14.7. The molecule has 0 spiro atoms. The van der Waals surface area contributed by atoms with Crippen LogP contribution in [0.15, 0.2) is 42.5 Å². The smallest absolute Gasteiger partial charge is 0.349 e. The molecule has 0 bridgehead atoms. The minimum Gasteiger partial charge on any atom is -0.490 e. The van der Waals surface area contributed by atoms with E-state index in [9.17, 15) is 4.79 Å². The fraction of sp³-hybridized carbons (Fsp3) is 0.350. The second-order valence-corrected chi connectivity index (χ2v) is 5.82. The van der Waals surface area contributed by atoms with Crippen LogP contribution in [0.25, 0.3) is 0 Å². The third-order valence-corrected chi connectivity index (χ3v) is 3.59. The SMILES string of the molecule is CCOc1ccccc1OC(=O)COc1ccc(C(C)C)c(C)c1. The van der Waals surface area contributed by atoms with Gasteiger partial charge in [0.25, 0.3) is 0 Å². The number of carbonyl (C=O) groups is 1. The topological polar surface area (TPSA) is 44.8 Å². The van der Waals surface area contributed by atoms with Crippen LogP contribution in [0.4, 0.5) is 0 Å². The van der Waals surface area contributed by atoms with Crippen LogP contribution in [-0.2, 0) is 4.79 Å². The Bertz CT molecular complexity index is 692. The lowest BCUT2D eigenvalue weighted by Gasteiger charge is -2.13. The van der Waals surface area contributed by atoms with E-state index in [1.165, 1.54) is 5.56 Å². The van der Waals surface area contributed by atoms with Gasteiger partial charge < -0.3 is 14.2 Å². The number of rotatable bonds is 7. The maximum Gasteiger partial charge on any atom is 0.349 e. The quantitative estimate of drug-likeness (QED) is 0.554. The molecule has 4 nitrogen and oxygen atoms in total. The molecule has 0 fully saturated rings. The molecule has 0 aliphatic heterocycles. The number of para-hydroxylation sites is 2. The first kappa shape index (κ1) is 17.9. The summed E-state index contributed by atoms with van der Waals surface area (Å²) in [6, 6.07) is 12.9. The van der Waals surface area contributed by atoms with Crippen LogP contribution < -0.4 is 14.2 Å². The summed E-state index contributed by atoms with van der Waals surface area (Å²) in [4.78, 5) is 12.0. The highest BCUT2D eigenvalue weighted by atomic mass is 16.6. The second kappa shape index (κ2) is 8.39. The molecule has 0 N–H and O–H groups in total. The predicted molar refractivity (Wildman–Crippen MR) is 94.0 cm³/mol. The van der Waals surface area contributed by atoms with Crippen LogP contribution in [0.1, 0.15) is 37.8 Å². The number of esters is 1. The number of aryl methyl sites for hydroxylation is 1. The van der Waals surface area contributed by atoms with Gasteiger partial charge in [-0.3, -0.25) is 0 Å². The summed E-state index contributed by atoms with van der Waals surface area (Å²) in [5.41, 5.74) is 2.42. The van der Waals surface area contributed by atoms with E-state index in [-0.39, 0.29) is 6.61 Å². The van der Waals surface area contributed by atoms with Gasteiger partial charge in [-0.15, -0.1) is 0 Å². The molecule has 0 radical (unpaired) electrons. The Labute approximate surface area is 143 Å². The van der Waals surface area contributed by atoms with E-state index in [4.69, 9.17) is 14.2 Å². The zero-order chi connectivity index (χ0) is 17.5. The van der Waals surface area contributed by atoms with Gasteiger partial charge in [0.05, 0.1) is 6.61 Å². The lowest BCUT2D eigenvalue weighted by atomic mass is 9.98. The molecule has 0 unspecified atom stereocenters. The van der Waals surface area contributed by atoms with Crippen molar-refractivity contribution < 1.29 is 19.0 Å². The van der Waals surface area contributed by atoms with Crippen molar-refractivity contribution >= 4 is 5.97 Å². The summed E-state index contributed by atoms with van der Waals surface area (Å²) in [7, 11) is 0. The van der Waals surface area contributed by atoms with Crippen molar-refractivity contribution in [2.75, 3.05) is 13.2 Å². The Morgan fingerprint density at radius 1 is 1.04 bits per heavy atom. The summed E-state index contributed by atoms with van der Waals surface area (Å²) >= 11 is 0. The van der Waals surface area contributed by atoms with Crippen molar-refractivity contribution in [3.8, 4) is 17.2 Å². The first-order valence-corrected chi connectivity index (χ1v) is 8.17. The molecule has 0 saturated carbocycles. The number of carbonyl (C=O) groups excluding carboxylic acids is 1. The first-order valence-electron chi connectivity index (χ1n) is 8.17. The van der Waals surface area contributed by atoms with Crippen LogP contribution >= 0.6 is 0 Å². The third kappa shape index (κ3) is 4.75. The molecule has 0 heterocycles. The van der Waals surface area contributed by atoms with Gasteiger partial charge in [-0.2, -0.15) is 0 Å². The Morgan fingerprint density at radius 2 is 1.75 bits per heavy atom. The highest BCUT2D eigenvalue weighted by Crippen LogP contribution is 2.27. The summed E-state index contributed by atoms with van der Waals surface area (Å²) < 4.78 is 16.3. The van der Waals surface area contributed by atoms with E-state index in [0.717, 1.165) is 5.56 Å². The van der Waals surface area contributed by atoms with Crippen molar-refractivity contribution in [1.82, 2.24) is 0 Å². The van der Waals surface area contributed by atoms with Gasteiger partial charge in [0.1, 0.15) is 5.75 Å². The number of hydrogen-bond acceptors (Lipinski definition) is 4. The van der Waals surface area contributed by atoms with Gasteiger partial charge in [0.2, 0.25) is 0 Å². The summed E-state index contributed by atoms with van der Waals surface area (Å²) in [6.45, 7) is 8.57. The fourth-order valence-corrected chi connectivity index (χ4v) is 2.49. The van der Waals surface area contributed by atoms with Crippen molar-refractivity contribution in [3.05, 3.63) is 53.6 Å². The van der Waals surface area contributed by atoms with E-state index in [1.54, 1.807) is 18.2 Å². The monoisotopic (exact) mass is 328 g/mol. The Balaban J connectivity index is 1.95. The van der Waals surface area contributed by atoms with Crippen LogP contribution in [-0.4, -0.2) is 19.2 Å². The molecule has 0 aromatic heterocycles. The molecule has 4 heteroatoms. The van der Waals surface area contributed by atoms with Crippen LogP contribution in [0.3, 0.4) is 0 Å². The lowest BCUT2D eigenvalue weighted by Crippen LogP contribution is -2.18. The number of benzene rings is 2. The van der Waals surface area contributed by atoms with Gasteiger partial charge in [-0.1, -0.05) is 32.0 Å². The average Bonchev–Trinajstić information content (AvgIpc) is 2.55. The van der Waals surface area contributed by atoms with Crippen molar-refractivity contribution in [1.29, 1.82) is 0 Å². The minimum atomic E-state index is -0.465. The molecule has 0 atom stereocenters. The molecule has 24 heavy (non-hydrogen) atoms. The number of ether oxygens (including phenoxy) is 3. The molecule has 0 aliphatic carbocycles. The third-order valence-electron chi connectivity index (χ3n) is 3.59. The van der Waals surface area contributed by atoms with Crippen LogP contribution in [0.5, 0.6) is 17.2 Å². The molecule has 2 rings (SSSR count). The minimum absolute atomic E-state index is 0.152. The standard InChI is InChI=1S/C20H24O4/c1-5-22-18-8-6-7-9-19(18)24-20(21)13-23-16-10-11-17(14(2)3)15(4)12-16/h6-12,14H,5,13H2,1-4H3. The van der Waals surface area contributed by atoms with E-state index < -0.39 is 5.97 Å². The molecular formula is C20H24O4.